The van der Waals surface area contributed by atoms with Crippen molar-refractivity contribution in [3.8, 4) is 44.5 Å². The van der Waals surface area contributed by atoms with E-state index in [2.05, 4.69) is 224 Å². The molecular formula is C59H48. The highest BCUT2D eigenvalue weighted by atomic mass is 14.6. The second kappa shape index (κ2) is 12.7. The van der Waals surface area contributed by atoms with Gasteiger partial charge in [0.05, 0.1) is 0 Å². The molecule has 284 valence electrons. The third kappa shape index (κ3) is 5.02. The fourth-order valence-corrected chi connectivity index (χ4v) is 11.8. The van der Waals surface area contributed by atoms with Crippen LogP contribution in [0.4, 0.5) is 0 Å². The third-order valence-electron chi connectivity index (χ3n) is 13.7. The molecule has 1 aliphatic rings. The van der Waals surface area contributed by atoms with E-state index in [-0.39, 0.29) is 16.2 Å². The topological polar surface area (TPSA) is 0 Å². The van der Waals surface area contributed by atoms with Gasteiger partial charge in [0.1, 0.15) is 0 Å². The molecule has 0 unspecified atom stereocenters. The molecule has 0 heterocycles. The lowest BCUT2D eigenvalue weighted by Gasteiger charge is -2.53. The van der Waals surface area contributed by atoms with Crippen LogP contribution in [0, 0.1) is 10.8 Å². The standard InChI is InChI=1S/C59H48/c1-57(2,3)59(58(4,5)6)52-36-41-21-11-10-20-40(41)34-51(52)55-44-23-13-12-22-43(44)50-35-42(32-33-49(50)56(55)59)54-47-26-16-14-24-45(47)53(46-25-15-17-27-48(46)54)39-30-28-38(29-31-39)37-18-8-7-9-19-37/h7-36H,1-6H3. The van der Waals surface area contributed by atoms with Gasteiger partial charge in [-0.1, -0.05) is 205 Å². The molecule has 11 rings (SSSR count). The molecule has 1 aliphatic carbocycles. The van der Waals surface area contributed by atoms with Gasteiger partial charge in [0, 0.05) is 5.41 Å². The molecule has 0 atom stereocenters. The van der Waals surface area contributed by atoms with Crippen LogP contribution in [0.1, 0.15) is 52.7 Å². The highest BCUT2D eigenvalue weighted by molar-refractivity contribution is 6.24. The van der Waals surface area contributed by atoms with Crippen LogP contribution < -0.4 is 0 Å². The minimum absolute atomic E-state index is 0.0939. The highest BCUT2D eigenvalue weighted by Gasteiger charge is 2.58. The summed E-state index contributed by atoms with van der Waals surface area (Å²) in [6.07, 6.45) is 0. The molecule has 0 aliphatic heterocycles. The first-order valence-electron chi connectivity index (χ1n) is 21.2. The van der Waals surface area contributed by atoms with Gasteiger partial charge in [0.25, 0.3) is 0 Å². The molecule has 0 fully saturated rings. The summed E-state index contributed by atoms with van der Waals surface area (Å²) in [6, 6.07) is 68.5. The minimum Gasteiger partial charge on any atom is -0.0622 e. The van der Waals surface area contributed by atoms with E-state index < -0.39 is 0 Å². The normalized spacial score (nSPS) is 13.7. The Morgan fingerprint density at radius 2 is 0.729 bits per heavy atom. The smallest absolute Gasteiger partial charge is 0.0318 e. The van der Waals surface area contributed by atoms with Gasteiger partial charge in [-0.3, -0.25) is 0 Å². The Balaban J connectivity index is 1.22. The second-order valence-corrected chi connectivity index (χ2v) is 18.8. The molecule has 59 heavy (non-hydrogen) atoms. The van der Waals surface area contributed by atoms with Crippen LogP contribution in [0.2, 0.25) is 0 Å². The van der Waals surface area contributed by atoms with E-state index in [1.165, 1.54) is 109 Å². The first-order valence-corrected chi connectivity index (χ1v) is 21.2. The molecule has 0 N–H and O–H groups in total. The Labute approximate surface area is 347 Å². The Hall–Kier alpha value is -6.50. The van der Waals surface area contributed by atoms with Crippen LogP contribution >= 0.6 is 0 Å². The average molecular weight is 757 g/mol. The number of benzene rings is 10. The highest BCUT2D eigenvalue weighted by Crippen LogP contribution is 2.67. The second-order valence-electron chi connectivity index (χ2n) is 18.8. The van der Waals surface area contributed by atoms with E-state index in [0.717, 1.165) is 0 Å². The third-order valence-corrected chi connectivity index (χ3v) is 13.7. The molecule has 0 spiro atoms. The molecule has 10 aromatic rings. The van der Waals surface area contributed by atoms with E-state index >= 15 is 0 Å². The van der Waals surface area contributed by atoms with Crippen molar-refractivity contribution in [2.45, 2.75) is 47.0 Å². The van der Waals surface area contributed by atoms with E-state index in [1.807, 2.05) is 0 Å². The lowest BCUT2D eigenvalue weighted by molar-refractivity contribution is 0.0965. The first kappa shape index (κ1) is 35.6. The van der Waals surface area contributed by atoms with Crippen molar-refractivity contribution in [3.05, 3.63) is 193 Å². The number of hydrogen-bond donors (Lipinski definition) is 0. The van der Waals surface area contributed by atoms with Crippen molar-refractivity contribution in [3.63, 3.8) is 0 Å². The summed E-state index contributed by atoms with van der Waals surface area (Å²) in [5.41, 5.74) is 12.8. The maximum Gasteiger partial charge on any atom is 0.0318 e. The summed E-state index contributed by atoms with van der Waals surface area (Å²) in [4.78, 5) is 0. The summed E-state index contributed by atoms with van der Waals surface area (Å²) in [5.74, 6) is 0. The van der Waals surface area contributed by atoms with Crippen LogP contribution in [0.25, 0.3) is 98.4 Å². The molecule has 0 saturated carbocycles. The Bertz CT molecular complexity index is 3240. The van der Waals surface area contributed by atoms with E-state index in [4.69, 9.17) is 0 Å². The van der Waals surface area contributed by atoms with Crippen molar-refractivity contribution < 1.29 is 0 Å². The van der Waals surface area contributed by atoms with Gasteiger partial charge in [-0.05, 0) is 139 Å². The fourth-order valence-electron chi connectivity index (χ4n) is 11.8. The molecule has 0 radical (unpaired) electrons. The molecule has 0 amide bonds. The summed E-state index contributed by atoms with van der Waals surface area (Å²) in [5, 5.41) is 13.0. The number of hydrogen-bond acceptors (Lipinski definition) is 0. The predicted octanol–water partition coefficient (Wildman–Crippen LogP) is 16.8. The zero-order chi connectivity index (χ0) is 40.3. The van der Waals surface area contributed by atoms with Crippen LogP contribution in [-0.4, -0.2) is 0 Å². The largest absolute Gasteiger partial charge is 0.0622 e. The zero-order valence-corrected chi connectivity index (χ0v) is 34.8. The maximum atomic E-state index is 2.53. The number of rotatable bonds is 3. The molecular weight excluding hydrogens is 709 g/mol. The fraction of sp³-hybridized carbons (Fsp3) is 0.153. The monoisotopic (exact) mass is 756 g/mol. The quantitative estimate of drug-likeness (QED) is 0.124. The molecule has 0 nitrogen and oxygen atoms in total. The van der Waals surface area contributed by atoms with Crippen LogP contribution in [0.15, 0.2) is 182 Å². The van der Waals surface area contributed by atoms with Gasteiger partial charge in [0.2, 0.25) is 0 Å². The van der Waals surface area contributed by atoms with Crippen LogP contribution in [-0.2, 0) is 5.41 Å². The van der Waals surface area contributed by atoms with Crippen LogP contribution in [0.3, 0.4) is 0 Å². The van der Waals surface area contributed by atoms with Crippen molar-refractivity contribution >= 4 is 53.9 Å². The Morgan fingerprint density at radius 3 is 1.29 bits per heavy atom. The maximum absolute atomic E-state index is 2.53. The summed E-state index contributed by atoms with van der Waals surface area (Å²) < 4.78 is 0. The molecule has 0 bridgehead atoms. The van der Waals surface area contributed by atoms with E-state index in [9.17, 15) is 0 Å². The Kier molecular flexibility index (Phi) is 7.70. The number of fused-ring (bicyclic) bond motifs is 11. The zero-order valence-electron chi connectivity index (χ0n) is 34.8. The van der Waals surface area contributed by atoms with Gasteiger partial charge in [-0.15, -0.1) is 0 Å². The van der Waals surface area contributed by atoms with Crippen molar-refractivity contribution in [2.24, 2.45) is 10.8 Å². The van der Waals surface area contributed by atoms with Crippen molar-refractivity contribution in [2.75, 3.05) is 0 Å². The first-order chi connectivity index (χ1) is 28.6. The lowest BCUT2D eigenvalue weighted by atomic mass is 9.49. The predicted molar refractivity (Wildman–Crippen MR) is 255 cm³/mol. The van der Waals surface area contributed by atoms with Crippen molar-refractivity contribution in [1.29, 1.82) is 0 Å². The van der Waals surface area contributed by atoms with Crippen LogP contribution in [0.5, 0.6) is 0 Å². The minimum atomic E-state index is -0.268. The van der Waals surface area contributed by atoms with Gasteiger partial charge < -0.3 is 0 Å². The van der Waals surface area contributed by atoms with Gasteiger partial charge in [0.15, 0.2) is 0 Å². The summed E-state index contributed by atoms with van der Waals surface area (Å²) >= 11 is 0. The van der Waals surface area contributed by atoms with E-state index in [0.29, 0.717) is 0 Å². The SMILES string of the molecule is CC(C)(C)C1(C(C)(C)C)c2cc3ccccc3cc2-c2c1c1ccc(-c3c4ccccc4c(-c4ccc(-c5ccccc5)cc4)c4ccccc34)cc1c1ccccc21. The molecule has 10 aromatic carbocycles. The summed E-state index contributed by atoms with van der Waals surface area (Å²) in [6.45, 7) is 14.8. The van der Waals surface area contributed by atoms with E-state index in [1.54, 1.807) is 0 Å². The van der Waals surface area contributed by atoms with Gasteiger partial charge in [-0.2, -0.15) is 0 Å². The molecule has 0 saturated heterocycles. The van der Waals surface area contributed by atoms with Crippen molar-refractivity contribution in [1.82, 2.24) is 0 Å². The van der Waals surface area contributed by atoms with Gasteiger partial charge in [-0.25, -0.2) is 0 Å². The molecule has 0 heteroatoms. The molecule has 0 aromatic heterocycles. The summed E-state index contributed by atoms with van der Waals surface area (Å²) in [7, 11) is 0. The average Bonchev–Trinajstić information content (AvgIpc) is 3.57. The van der Waals surface area contributed by atoms with Gasteiger partial charge >= 0.3 is 0 Å². The lowest BCUT2D eigenvalue weighted by Crippen LogP contribution is -2.50. The Morgan fingerprint density at radius 1 is 0.305 bits per heavy atom.